The molecule has 0 saturated heterocycles. The van der Waals surface area contributed by atoms with Crippen molar-refractivity contribution in [1.82, 2.24) is 26.6 Å². The molecule has 0 aromatic carbocycles. The highest BCUT2D eigenvalue weighted by Crippen LogP contribution is 2.34. The quantitative estimate of drug-likeness (QED) is 0.0505. The lowest BCUT2D eigenvalue weighted by molar-refractivity contribution is -0.137. The lowest BCUT2D eigenvalue weighted by Gasteiger charge is -2.31. The Morgan fingerprint density at radius 3 is 2.19 bits per heavy atom. The topological polar surface area (TPSA) is 198 Å². The molecule has 0 aromatic heterocycles. The molecule has 1 aliphatic heterocycles. The van der Waals surface area contributed by atoms with Gasteiger partial charge in [0.15, 0.2) is 0 Å². The summed E-state index contributed by atoms with van der Waals surface area (Å²) in [5.74, 6) is -1.05. The van der Waals surface area contributed by atoms with Crippen LogP contribution in [0.2, 0.25) is 0 Å². The van der Waals surface area contributed by atoms with Gasteiger partial charge in [-0.1, -0.05) is 65.4 Å². The number of allylic oxidation sites excluding steroid dienone is 2. The van der Waals surface area contributed by atoms with E-state index < -0.39 is 18.1 Å². The highest BCUT2D eigenvalue weighted by molar-refractivity contribution is 6.03. The summed E-state index contributed by atoms with van der Waals surface area (Å²) in [7, 11) is 0. The van der Waals surface area contributed by atoms with E-state index in [4.69, 9.17) is 10.1 Å². The summed E-state index contributed by atoms with van der Waals surface area (Å²) in [6.07, 6.45) is 18.0. The maximum atomic E-state index is 13.5. The number of aliphatic carboxylic acids is 1. The Labute approximate surface area is 323 Å². The first kappa shape index (κ1) is 46.6. The summed E-state index contributed by atoms with van der Waals surface area (Å²) >= 11 is 0. The number of aliphatic hydroxyl groups is 1. The fourth-order valence-electron chi connectivity index (χ4n) is 6.81. The third-order valence-corrected chi connectivity index (χ3v) is 10.1. The number of nitrogens with one attached hydrogen (secondary N) is 5. The number of carbonyl (C=O) groups is 5. The van der Waals surface area contributed by atoms with Crippen molar-refractivity contribution in [3.8, 4) is 0 Å². The molecule has 7 N–H and O–H groups in total. The number of unbranched alkanes of at least 4 members (excludes halogenated alkanes) is 6. The molecule has 0 radical (unpaired) electrons. The van der Waals surface area contributed by atoms with Crippen LogP contribution in [-0.2, 0) is 24.0 Å². The van der Waals surface area contributed by atoms with Crippen LogP contribution in [0, 0.1) is 11.8 Å². The monoisotopic (exact) mass is 759 g/mol. The zero-order valence-electron chi connectivity index (χ0n) is 33.3. The third kappa shape index (κ3) is 20.2. The molecular weight excluding hydrogens is 688 g/mol. The molecule has 0 bridgehead atoms. The smallest absolute Gasteiger partial charge is 0.303 e. The van der Waals surface area contributed by atoms with E-state index in [1.165, 1.54) is 37.7 Å². The number of aliphatic imine (C=N–C) groups is 1. The summed E-state index contributed by atoms with van der Waals surface area (Å²) in [6, 6.07) is -1.29. The first-order valence-corrected chi connectivity index (χ1v) is 20.7. The molecule has 2 aliphatic rings. The zero-order valence-corrected chi connectivity index (χ0v) is 33.3. The molecular formula is C41H70N6O7. The first-order chi connectivity index (χ1) is 26.0. The zero-order chi connectivity index (χ0) is 39.6. The van der Waals surface area contributed by atoms with Gasteiger partial charge in [-0.25, -0.2) is 0 Å². The number of hydrogen-bond acceptors (Lipinski definition) is 8. The molecule has 2 rings (SSSR count). The minimum absolute atomic E-state index is 0.0613. The molecule has 13 nitrogen and oxygen atoms in total. The second kappa shape index (κ2) is 27.9. The molecule has 4 atom stereocenters. The van der Waals surface area contributed by atoms with Crippen molar-refractivity contribution in [2.75, 3.05) is 32.8 Å². The van der Waals surface area contributed by atoms with Gasteiger partial charge in [-0.15, -0.1) is 0 Å². The van der Waals surface area contributed by atoms with Crippen molar-refractivity contribution in [1.29, 1.82) is 0 Å². The van der Waals surface area contributed by atoms with E-state index in [0.29, 0.717) is 57.7 Å². The Kier molecular flexibility index (Phi) is 24.1. The van der Waals surface area contributed by atoms with Crippen LogP contribution >= 0.6 is 0 Å². The van der Waals surface area contributed by atoms with Crippen molar-refractivity contribution in [2.45, 2.75) is 155 Å². The van der Waals surface area contributed by atoms with Crippen LogP contribution in [0.5, 0.6) is 0 Å². The maximum absolute atomic E-state index is 13.5. The number of carboxylic acid groups (broad SMARTS) is 1. The molecule has 4 amide bonds. The lowest BCUT2D eigenvalue weighted by atomic mass is 9.78. The summed E-state index contributed by atoms with van der Waals surface area (Å²) < 4.78 is 0. The van der Waals surface area contributed by atoms with Crippen molar-refractivity contribution < 1.29 is 34.2 Å². The summed E-state index contributed by atoms with van der Waals surface area (Å²) in [4.78, 5) is 66.2. The van der Waals surface area contributed by atoms with Crippen molar-refractivity contribution >= 4 is 35.3 Å². The second-order valence-electron chi connectivity index (χ2n) is 15.1. The average molecular weight is 759 g/mol. The Hall–Kier alpha value is -3.58. The highest BCUT2D eigenvalue weighted by Gasteiger charge is 2.30. The van der Waals surface area contributed by atoms with Crippen LogP contribution < -0.4 is 26.6 Å². The predicted molar refractivity (Wildman–Crippen MR) is 213 cm³/mol. The van der Waals surface area contributed by atoms with Crippen LogP contribution in [0.4, 0.5) is 0 Å². The number of carbonyl (C=O) groups excluding carboxylic acids is 4. The van der Waals surface area contributed by atoms with Crippen molar-refractivity contribution in [2.24, 2.45) is 16.8 Å². The molecule has 1 heterocycles. The number of carboxylic acids is 1. The molecule has 0 aromatic rings. The second-order valence-corrected chi connectivity index (χ2v) is 15.1. The molecule has 54 heavy (non-hydrogen) atoms. The average Bonchev–Trinajstić information content (AvgIpc) is 3.13. The normalized spacial score (nSPS) is 17.6. The number of fused-ring (bicyclic) bond motifs is 1. The molecule has 0 saturated carbocycles. The van der Waals surface area contributed by atoms with E-state index in [1.54, 1.807) is 0 Å². The number of hydrogen-bond donors (Lipinski definition) is 7. The Balaban J connectivity index is 1.78. The molecule has 13 heteroatoms. The van der Waals surface area contributed by atoms with Gasteiger partial charge in [0.05, 0.1) is 12.6 Å². The number of nitrogens with zero attached hydrogens (tertiary/aromatic N) is 1. The fourth-order valence-corrected chi connectivity index (χ4v) is 6.81. The SMILES string of the molecule is CCCCCCCCCC(=O)NCCCNCCCC(=O)NC(CC1=CN=C2CC(C)CC=C2C1C)C(=O)NCCCC(CO)NC(=O)CCCC(=O)O. The standard InChI is InChI=1S/C41H70N6O7/c1-4-5-6-7-8-9-10-16-37(49)43-25-14-23-42-22-13-18-39(51)47-36(27-32-28-45-35-26-30(2)20-21-34(35)31(32)3)41(54)44-24-12-15-33(29-48)46-38(50)17-11-19-40(52)53/h21,28,30-31,33,36,42,48H,4-20,22-27,29H2,1-3H3,(H,43,49)(H,44,54)(H,46,50)(H,47,51)(H,52,53). The Morgan fingerprint density at radius 1 is 0.778 bits per heavy atom. The fraction of sp³-hybridized carbons (Fsp3) is 0.756. The minimum Gasteiger partial charge on any atom is -0.481 e. The van der Waals surface area contributed by atoms with E-state index in [2.05, 4.69) is 53.4 Å². The summed E-state index contributed by atoms with van der Waals surface area (Å²) in [6.45, 7) is 8.57. The van der Waals surface area contributed by atoms with Gasteiger partial charge in [0, 0.05) is 56.6 Å². The highest BCUT2D eigenvalue weighted by atomic mass is 16.4. The van der Waals surface area contributed by atoms with Crippen LogP contribution in [0.3, 0.4) is 0 Å². The molecule has 0 fully saturated rings. The Morgan fingerprint density at radius 2 is 1.44 bits per heavy atom. The van der Waals surface area contributed by atoms with Gasteiger partial charge in [-0.05, 0) is 87.9 Å². The number of amides is 4. The molecule has 0 spiro atoms. The van der Waals surface area contributed by atoms with Gasteiger partial charge in [-0.2, -0.15) is 0 Å². The molecule has 306 valence electrons. The first-order valence-electron chi connectivity index (χ1n) is 20.7. The van der Waals surface area contributed by atoms with Gasteiger partial charge >= 0.3 is 5.97 Å². The summed E-state index contributed by atoms with van der Waals surface area (Å²) in [5.41, 5.74) is 3.29. The molecule has 4 unspecified atom stereocenters. The largest absolute Gasteiger partial charge is 0.481 e. The summed E-state index contributed by atoms with van der Waals surface area (Å²) in [5, 5.41) is 33.4. The third-order valence-electron chi connectivity index (χ3n) is 10.1. The van der Waals surface area contributed by atoms with Crippen LogP contribution in [0.1, 0.15) is 143 Å². The van der Waals surface area contributed by atoms with Gasteiger partial charge in [0.1, 0.15) is 6.04 Å². The van der Waals surface area contributed by atoms with E-state index in [1.807, 2.05) is 6.20 Å². The number of aliphatic hydroxyl groups excluding tert-OH is 1. The maximum Gasteiger partial charge on any atom is 0.303 e. The molecule has 1 aliphatic carbocycles. The van der Waals surface area contributed by atoms with Crippen LogP contribution in [-0.4, -0.2) is 90.4 Å². The van der Waals surface area contributed by atoms with Gasteiger partial charge in [0.2, 0.25) is 23.6 Å². The van der Waals surface area contributed by atoms with Gasteiger partial charge in [-0.3, -0.25) is 29.0 Å². The Bertz CT molecular complexity index is 1270. The van der Waals surface area contributed by atoms with E-state index in [-0.39, 0.29) is 61.8 Å². The van der Waals surface area contributed by atoms with Crippen LogP contribution in [0.15, 0.2) is 28.4 Å². The predicted octanol–water partition coefficient (Wildman–Crippen LogP) is 4.84. The lowest BCUT2D eigenvalue weighted by Crippen LogP contribution is -2.48. The van der Waals surface area contributed by atoms with Crippen LogP contribution in [0.25, 0.3) is 0 Å². The number of rotatable bonds is 30. The van der Waals surface area contributed by atoms with E-state index in [0.717, 1.165) is 49.9 Å². The van der Waals surface area contributed by atoms with E-state index in [9.17, 15) is 29.1 Å². The van der Waals surface area contributed by atoms with E-state index >= 15 is 0 Å². The van der Waals surface area contributed by atoms with Gasteiger partial charge in [0.25, 0.3) is 0 Å². The minimum atomic E-state index is -0.963. The van der Waals surface area contributed by atoms with Crippen molar-refractivity contribution in [3.63, 3.8) is 0 Å². The van der Waals surface area contributed by atoms with Crippen molar-refractivity contribution in [3.05, 3.63) is 23.4 Å². The van der Waals surface area contributed by atoms with Gasteiger partial charge < -0.3 is 36.8 Å².